The Hall–Kier alpha value is -2.80. The average molecular weight is 416 g/mol. The van der Waals surface area contributed by atoms with E-state index in [1.54, 1.807) is 19.1 Å². The van der Waals surface area contributed by atoms with Gasteiger partial charge in [-0.15, -0.1) is 0 Å². The molecule has 1 amide bonds. The number of halogens is 1. The molecule has 2 aromatic rings. The molecule has 0 spiro atoms. The third kappa shape index (κ3) is 4.62. The second kappa shape index (κ2) is 8.69. The Morgan fingerprint density at radius 2 is 1.72 bits per heavy atom. The molecule has 0 saturated carbocycles. The minimum Gasteiger partial charge on any atom is -0.325 e. The molecule has 0 unspecified atom stereocenters. The average Bonchev–Trinajstić information content (AvgIpc) is 2.74. The number of benzene rings is 2. The lowest BCUT2D eigenvalue weighted by atomic mass is 10.2. The molecule has 0 aliphatic carbocycles. The van der Waals surface area contributed by atoms with Crippen LogP contribution in [0.2, 0.25) is 0 Å². The minimum atomic E-state index is -3.78. The summed E-state index contributed by atoms with van der Waals surface area (Å²) < 4.78 is 40.1. The van der Waals surface area contributed by atoms with Crippen LogP contribution >= 0.6 is 0 Å². The minimum absolute atomic E-state index is 0.00180. The maximum Gasteiger partial charge on any atom is 0.244 e. The van der Waals surface area contributed by atoms with Crippen molar-refractivity contribution in [3.05, 3.63) is 59.9 Å². The largest absolute Gasteiger partial charge is 0.325 e. The number of sulfonamides is 1. The smallest absolute Gasteiger partial charge is 0.244 e. The van der Waals surface area contributed by atoms with E-state index in [-0.39, 0.29) is 35.3 Å². The van der Waals surface area contributed by atoms with Gasteiger partial charge in [0.1, 0.15) is 11.9 Å². The van der Waals surface area contributed by atoms with E-state index >= 15 is 0 Å². The number of anilines is 1. The number of nitrogens with one attached hydrogen (secondary N) is 1. The summed E-state index contributed by atoms with van der Waals surface area (Å²) >= 11 is 0. The van der Waals surface area contributed by atoms with Crippen LogP contribution in [-0.4, -0.2) is 55.8 Å². The number of nitriles is 1. The Morgan fingerprint density at radius 1 is 1.10 bits per heavy atom. The van der Waals surface area contributed by atoms with Crippen molar-refractivity contribution in [1.29, 1.82) is 5.26 Å². The summed E-state index contributed by atoms with van der Waals surface area (Å²) in [6.45, 7) is 2.94. The van der Waals surface area contributed by atoms with Crippen molar-refractivity contribution >= 4 is 21.6 Å². The maximum atomic E-state index is 13.0. The highest BCUT2D eigenvalue weighted by atomic mass is 32.2. The molecule has 0 aromatic heterocycles. The fourth-order valence-corrected chi connectivity index (χ4v) is 4.76. The van der Waals surface area contributed by atoms with Crippen LogP contribution in [0.4, 0.5) is 10.1 Å². The van der Waals surface area contributed by atoms with Crippen LogP contribution in [0.25, 0.3) is 0 Å². The fourth-order valence-electron chi connectivity index (χ4n) is 3.20. The zero-order chi connectivity index (χ0) is 21.0. The molecule has 1 aliphatic heterocycles. The Labute approximate surface area is 169 Å². The molecular weight excluding hydrogens is 395 g/mol. The standard InChI is InChI=1S/C20H21FN4O3S/c1-15(20(26)23-18-8-6-17(21)7-9-18)24-10-12-25(13-11-24)29(27,28)19-5-3-2-4-16(19)14-22/h2-9,15H,10-13H2,1H3,(H,23,26)/t15-/m0/s1. The van der Waals surface area contributed by atoms with E-state index in [4.69, 9.17) is 0 Å². The number of amides is 1. The van der Waals surface area contributed by atoms with Gasteiger partial charge in [0.25, 0.3) is 0 Å². The van der Waals surface area contributed by atoms with Gasteiger partial charge in [-0.3, -0.25) is 9.69 Å². The van der Waals surface area contributed by atoms with Crippen LogP contribution in [0, 0.1) is 17.1 Å². The molecule has 1 atom stereocenters. The topological polar surface area (TPSA) is 93.5 Å². The Balaban J connectivity index is 1.63. The number of piperazine rings is 1. The molecule has 1 aliphatic rings. The van der Waals surface area contributed by atoms with Gasteiger partial charge in [-0.1, -0.05) is 12.1 Å². The van der Waals surface area contributed by atoms with E-state index < -0.39 is 16.1 Å². The summed E-state index contributed by atoms with van der Waals surface area (Å²) in [6.07, 6.45) is 0. The van der Waals surface area contributed by atoms with E-state index in [1.807, 2.05) is 11.0 Å². The molecule has 1 N–H and O–H groups in total. The summed E-state index contributed by atoms with van der Waals surface area (Å²) in [5.74, 6) is -0.630. The zero-order valence-electron chi connectivity index (χ0n) is 15.9. The van der Waals surface area contributed by atoms with Gasteiger partial charge in [-0.05, 0) is 43.3 Å². The van der Waals surface area contributed by atoms with Crippen molar-refractivity contribution in [2.24, 2.45) is 0 Å². The number of nitrogens with zero attached hydrogens (tertiary/aromatic N) is 3. The lowest BCUT2D eigenvalue weighted by Gasteiger charge is -2.36. The van der Waals surface area contributed by atoms with Crippen LogP contribution in [0.15, 0.2) is 53.4 Å². The summed E-state index contributed by atoms with van der Waals surface area (Å²) in [7, 11) is -3.78. The van der Waals surface area contributed by atoms with Crippen LogP contribution in [0.3, 0.4) is 0 Å². The first-order valence-electron chi connectivity index (χ1n) is 9.12. The summed E-state index contributed by atoms with van der Waals surface area (Å²) in [5, 5.41) is 11.9. The molecule has 9 heteroatoms. The van der Waals surface area contributed by atoms with Crippen LogP contribution < -0.4 is 5.32 Å². The van der Waals surface area contributed by atoms with Gasteiger partial charge in [0.15, 0.2) is 0 Å². The van der Waals surface area contributed by atoms with Crippen molar-refractivity contribution < 1.29 is 17.6 Å². The van der Waals surface area contributed by atoms with Crippen molar-refractivity contribution in [2.75, 3.05) is 31.5 Å². The van der Waals surface area contributed by atoms with Gasteiger partial charge in [-0.2, -0.15) is 9.57 Å². The zero-order valence-corrected chi connectivity index (χ0v) is 16.7. The molecule has 0 radical (unpaired) electrons. The normalized spacial score (nSPS) is 16.7. The second-order valence-electron chi connectivity index (χ2n) is 6.72. The van der Waals surface area contributed by atoms with Gasteiger partial charge >= 0.3 is 0 Å². The van der Waals surface area contributed by atoms with Crippen molar-refractivity contribution in [1.82, 2.24) is 9.21 Å². The number of hydrogen-bond donors (Lipinski definition) is 1. The van der Waals surface area contributed by atoms with Gasteiger partial charge in [-0.25, -0.2) is 12.8 Å². The first-order valence-corrected chi connectivity index (χ1v) is 10.6. The molecule has 7 nitrogen and oxygen atoms in total. The monoisotopic (exact) mass is 416 g/mol. The van der Waals surface area contributed by atoms with Crippen LogP contribution in [0.5, 0.6) is 0 Å². The molecule has 2 aromatic carbocycles. The third-order valence-corrected chi connectivity index (χ3v) is 6.89. The highest BCUT2D eigenvalue weighted by Crippen LogP contribution is 2.21. The fraction of sp³-hybridized carbons (Fsp3) is 0.300. The van der Waals surface area contributed by atoms with Gasteiger partial charge in [0.05, 0.1) is 16.5 Å². The highest BCUT2D eigenvalue weighted by Gasteiger charge is 2.32. The van der Waals surface area contributed by atoms with Crippen LogP contribution in [-0.2, 0) is 14.8 Å². The molecule has 29 heavy (non-hydrogen) atoms. The van der Waals surface area contributed by atoms with Gasteiger partial charge in [0, 0.05) is 31.9 Å². The predicted molar refractivity (Wildman–Crippen MR) is 106 cm³/mol. The number of carbonyl (C=O) groups excluding carboxylic acids is 1. The Kier molecular flexibility index (Phi) is 6.27. The quantitative estimate of drug-likeness (QED) is 0.805. The number of hydrogen-bond acceptors (Lipinski definition) is 5. The highest BCUT2D eigenvalue weighted by molar-refractivity contribution is 7.89. The van der Waals surface area contributed by atoms with Gasteiger partial charge in [0.2, 0.25) is 15.9 Å². The van der Waals surface area contributed by atoms with E-state index in [0.29, 0.717) is 18.8 Å². The maximum absolute atomic E-state index is 13.0. The molecule has 152 valence electrons. The van der Waals surface area contributed by atoms with Crippen molar-refractivity contribution in [3.63, 3.8) is 0 Å². The van der Waals surface area contributed by atoms with E-state index in [2.05, 4.69) is 5.32 Å². The molecule has 1 heterocycles. The van der Waals surface area contributed by atoms with E-state index in [1.165, 1.54) is 40.7 Å². The number of rotatable bonds is 5. The Morgan fingerprint density at radius 3 is 2.34 bits per heavy atom. The first kappa shape index (κ1) is 20.9. The summed E-state index contributed by atoms with van der Waals surface area (Å²) in [4.78, 5) is 14.4. The molecule has 1 saturated heterocycles. The Bertz CT molecular complexity index is 1030. The second-order valence-corrected chi connectivity index (χ2v) is 8.63. The van der Waals surface area contributed by atoms with Gasteiger partial charge < -0.3 is 5.32 Å². The molecular formula is C20H21FN4O3S. The van der Waals surface area contributed by atoms with Crippen molar-refractivity contribution in [3.8, 4) is 6.07 Å². The predicted octanol–water partition coefficient (Wildman–Crippen LogP) is 2.03. The molecule has 0 bridgehead atoms. The molecule has 1 fully saturated rings. The van der Waals surface area contributed by atoms with Crippen molar-refractivity contribution in [2.45, 2.75) is 17.9 Å². The summed E-state index contributed by atoms with van der Waals surface area (Å²) in [5.41, 5.74) is 0.611. The summed E-state index contributed by atoms with van der Waals surface area (Å²) in [6, 6.07) is 13.1. The third-order valence-electron chi connectivity index (χ3n) is 4.94. The number of carbonyl (C=O) groups is 1. The van der Waals surface area contributed by atoms with Crippen LogP contribution in [0.1, 0.15) is 12.5 Å². The lowest BCUT2D eigenvalue weighted by molar-refractivity contribution is -0.121. The molecule has 3 rings (SSSR count). The van der Waals surface area contributed by atoms with E-state index in [9.17, 15) is 22.9 Å². The SMILES string of the molecule is C[C@@H](C(=O)Nc1ccc(F)cc1)N1CCN(S(=O)(=O)c2ccccc2C#N)CC1. The lowest BCUT2D eigenvalue weighted by Crippen LogP contribution is -2.54. The first-order chi connectivity index (χ1) is 13.8. The van der Waals surface area contributed by atoms with E-state index in [0.717, 1.165) is 0 Å².